The average molecular weight is 789 g/mol. The van der Waals surface area contributed by atoms with E-state index in [0.717, 1.165) is 32.7 Å². The van der Waals surface area contributed by atoms with Crippen molar-refractivity contribution < 1.29 is 29.0 Å². The van der Waals surface area contributed by atoms with Gasteiger partial charge in [-0.05, 0) is 81.7 Å². The highest BCUT2D eigenvalue weighted by Gasteiger charge is 2.67. The van der Waals surface area contributed by atoms with Crippen LogP contribution in [-0.2, 0) is 18.8 Å². The largest absolute Gasteiger partial charge is 0.507 e. The van der Waals surface area contributed by atoms with Crippen molar-refractivity contribution in [1.82, 2.24) is 0 Å². The molecule has 6 aromatic rings. The molecule has 2 amide bonds. The van der Waals surface area contributed by atoms with Gasteiger partial charge in [0.05, 0.1) is 23.6 Å². The van der Waals surface area contributed by atoms with Gasteiger partial charge in [-0.15, -0.1) is 0 Å². The van der Waals surface area contributed by atoms with Crippen molar-refractivity contribution in [2.24, 2.45) is 23.7 Å². The lowest BCUT2D eigenvalue weighted by Crippen LogP contribution is -2.67. The normalized spacial score (nSPS) is 24.5. The summed E-state index contributed by atoms with van der Waals surface area (Å²) in [6.45, 7) is 6.75. The van der Waals surface area contributed by atoms with Crippen molar-refractivity contribution in [2.75, 3.05) is 16.8 Å². The van der Waals surface area contributed by atoms with Gasteiger partial charge in [-0.1, -0.05) is 130 Å². The third-order valence-corrected chi connectivity index (χ3v) is 17.8. The number of carbonyl (C=O) groups is 2. The van der Waals surface area contributed by atoms with Gasteiger partial charge in [0, 0.05) is 35.2 Å². The summed E-state index contributed by atoms with van der Waals surface area (Å²) < 4.78 is 14.3. The molecule has 3 N–H and O–H groups in total. The summed E-state index contributed by atoms with van der Waals surface area (Å²) in [5.41, 5.74) is 3.06. The summed E-state index contributed by atoms with van der Waals surface area (Å²) in [6.07, 6.45) is -0.0716. The van der Waals surface area contributed by atoms with Crippen molar-refractivity contribution in [2.45, 2.75) is 50.5 Å². The first kappa shape index (κ1) is 38.0. The fourth-order valence-corrected chi connectivity index (χ4v) is 14.7. The first-order chi connectivity index (χ1) is 28.0. The first-order valence-corrected chi connectivity index (χ1v) is 22.1. The lowest BCUT2D eigenvalue weighted by atomic mass is 9.64. The Bertz CT molecular complexity index is 2420. The molecule has 58 heavy (non-hydrogen) atoms. The molecule has 9 rings (SSSR count). The molecule has 0 spiro atoms. The quantitative estimate of drug-likeness (QED) is 0.0997. The molecule has 2 aliphatic heterocycles. The Labute approximate surface area is 340 Å². The number of aromatic hydroxyl groups is 1. The number of phenols is 1. The molecular formula is C49H48N2O6Si. The second kappa shape index (κ2) is 14.7. The molecule has 3 aliphatic rings. The zero-order valence-corrected chi connectivity index (χ0v) is 33.9. The molecule has 2 saturated heterocycles. The standard InChI is InChI=1S/C49H48N2O6Si/c1-48(2,3)58(36-17-9-5-10-18-36,37-19-11-6-12-20-37)56-31-32-29-41-45(42-30-44(57-49(32,42)55)40-27-28-43(52)39-22-14-13-21-38(39)40)47(54)51(46(41)53)35-25-23-34(24-26-35)50-33-15-7-4-8-16-33/h4-28,32,41-42,44-45,50,52,55H,29-31H2,1-3H3/t32-,41+,42+,44+,45+,49-/m1/s1. The van der Waals surface area contributed by atoms with Gasteiger partial charge in [0.2, 0.25) is 11.8 Å². The van der Waals surface area contributed by atoms with Crippen molar-refractivity contribution >= 4 is 58.3 Å². The fraction of sp³-hybridized carbons (Fsp3) is 0.265. The third-order valence-electron chi connectivity index (χ3n) is 12.8. The second-order valence-corrected chi connectivity index (χ2v) is 21.3. The maximum atomic E-state index is 14.7. The number of amides is 2. The second-order valence-electron chi connectivity index (χ2n) is 17.0. The molecule has 294 valence electrons. The summed E-state index contributed by atoms with van der Waals surface area (Å²) in [5, 5.41) is 30.6. The summed E-state index contributed by atoms with van der Waals surface area (Å²) in [4.78, 5) is 30.7. The predicted molar refractivity (Wildman–Crippen MR) is 230 cm³/mol. The zero-order chi connectivity index (χ0) is 40.2. The molecule has 0 aromatic heterocycles. The number of fused-ring (bicyclic) bond motifs is 4. The summed E-state index contributed by atoms with van der Waals surface area (Å²) in [7, 11) is -3.06. The van der Waals surface area contributed by atoms with Gasteiger partial charge in [-0.2, -0.15) is 0 Å². The Morgan fingerprint density at radius 3 is 1.91 bits per heavy atom. The van der Waals surface area contributed by atoms with Gasteiger partial charge in [0.25, 0.3) is 8.32 Å². The van der Waals surface area contributed by atoms with Crippen molar-refractivity contribution in [1.29, 1.82) is 0 Å². The van der Waals surface area contributed by atoms with Crippen LogP contribution in [0.2, 0.25) is 5.04 Å². The molecular weight excluding hydrogens is 741 g/mol. The van der Waals surface area contributed by atoms with E-state index in [1.807, 2.05) is 109 Å². The number of imide groups is 1. The van der Waals surface area contributed by atoms with Gasteiger partial charge in [0.1, 0.15) is 5.75 Å². The number of para-hydroxylation sites is 1. The number of aliphatic hydroxyl groups is 1. The van der Waals surface area contributed by atoms with Crippen LogP contribution in [0, 0.1) is 23.7 Å². The van der Waals surface area contributed by atoms with Crippen LogP contribution in [0.15, 0.2) is 152 Å². The van der Waals surface area contributed by atoms with Crippen LogP contribution < -0.4 is 20.6 Å². The molecule has 0 unspecified atom stereocenters. The predicted octanol–water partition coefficient (Wildman–Crippen LogP) is 8.46. The molecule has 6 atom stereocenters. The Kier molecular flexibility index (Phi) is 9.60. The Balaban J connectivity index is 1.10. The van der Waals surface area contributed by atoms with Crippen molar-refractivity contribution in [3.05, 3.63) is 157 Å². The fourth-order valence-electron chi connectivity index (χ4n) is 10.1. The van der Waals surface area contributed by atoms with Gasteiger partial charge >= 0.3 is 0 Å². The van der Waals surface area contributed by atoms with Gasteiger partial charge in [-0.3, -0.25) is 14.5 Å². The molecule has 0 bridgehead atoms. The number of ether oxygens (including phenoxy) is 1. The van der Waals surface area contributed by atoms with E-state index in [1.165, 1.54) is 4.90 Å². The van der Waals surface area contributed by atoms with Crippen molar-refractivity contribution in [3.63, 3.8) is 0 Å². The van der Waals surface area contributed by atoms with E-state index in [0.29, 0.717) is 17.5 Å². The molecule has 1 saturated carbocycles. The summed E-state index contributed by atoms with van der Waals surface area (Å²) in [5.74, 6) is -5.03. The number of phenolic OH excluding ortho intramolecular Hbond substituents is 1. The minimum absolute atomic E-state index is 0.119. The SMILES string of the molecule is CC(C)(C)[Si](OC[C@H]1C[C@@H]2C(=O)N(c3ccc(Nc4ccccc4)cc3)C(=O)[C@@H]2[C@@H]2C[C@@H](c3ccc(O)c4ccccc34)O[C@]12O)(c1ccccc1)c1ccccc1. The Morgan fingerprint density at radius 2 is 1.29 bits per heavy atom. The minimum atomic E-state index is -3.06. The number of rotatable bonds is 9. The van der Waals surface area contributed by atoms with Crippen LogP contribution in [0.5, 0.6) is 5.75 Å². The van der Waals surface area contributed by atoms with E-state index >= 15 is 0 Å². The van der Waals surface area contributed by atoms with E-state index in [4.69, 9.17) is 9.16 Å². The number of nitrogens with one attached hydrogen (secondary N) is 1. The highest BCUT2D eigenvalue weighted by Crippen LogP contribution is 2.59. The van der Waals surface area contributed by atoms with E-state index in [2.05, 4.69) is 50.4 Å². The number of anilines is 3. The topological polar surface area (TPSA) is 108 Å². The third kappa shape index (κ3) is 6.24. The Morgan fingerprint density at radius 1 is 0.724 bits per heavy atom. The van der Waals surface area contributed by atoms with Crippen LogP contribution in [0.25, 0.3) is 10.8 Å². The lowest BCUT2D eigenvalue weighted by molar-refractivity contribution is -0.273. The lowest BCUT2D eigenvalue weighted by Gasteiger charge is -2.48. The molecule has 8 nitrogen and oxygen atoms in total. The van der Waals surface area contributed by atoms with Gasteiger partial charge in [0.15, 0.2) is 5.79 Å². The summed E-state index contributed by atoms with van der Waals surface area (Å²) >= 11 is 0. The molecule has 6 aromatic carbocycles. The monoisotopic (exact) mass is 788 g/mol. The van der Waals surface area contributed by atoms with Crippen molar-refractivity contribution in [3.8, 4) is 5.75 Å². The zero-order valence-electron chi connectivity index (χ0n) is 32.9. The molecule has 2 heterocycles. The smallest absolute Gasteiger partial charge is 0.261 e. The van der Waals surface area contributed by atoms with E-state index < -0.39 is 43.9 Å². The van der Waals surface area contributed by atoms with Crippen LogP contribution in [-0.4, -0.2) is 42.7 Å². The molecule has 0 radical (unpaired) electrons. The number of hydrogen-bond acceptors (Lipinski definition) is 7. The molecule has 3 fully saturated rings. The average Bonchev–Trinajstić information content (AvgIpc) is 3.71. The van der Waals surface area contributed by atoms with Crippen LogP contribution in [0.1, 0.15) is 45.3 Å². The highest BCUT2D eigenvalue weighted by molar-refractivity contribution is 6.99. The van der Waals surface area contributed by atoms with E-state index in [-0.39, 0.29) is 35.6 Å². The van der Waals surface area contributed by atoms with Crippen LogP contribution in [0.3, 0.4) is 0 Å². The number of nitrogens with zero attached hydrogens (tertiary/aromatic N) is 1. The summed E-state index contributed by atoms with van der Waals surface area (Å²) in [6, 6.07) is 48.9. The maximum absolute atomic E-state index is 14.7. The minimum Gasteiger partial charge on any atom is -0.507 e. The van der Waals surface area contributed by atoms with Gasteiger partial charge < -0.3 is 24.7 Å². The van der Waals surface area contributed by atoms with Gasteiger partial charge in [-0.25, -0.2) is 0 Å². The maximum Gasteiger partial charge on any atom is 0.261 e. The van der Waals surface area contributed by atoms with Crippen LogP contribution in [0.4, 0.5) is 17.1 Å². The van der Waals surface area contributed by atoms with E-state index in [9.17, 15) is 19.8 Å². The van der Waals surface area contributed by atoms with Crippen LogP contribution >= 0.6 is 0 Å². The molecule has 9 heteroatoms. The first-order valence-electron chi connectivity index (χ1n) is 20.2. The number of hydrogen-bond donors (Lipinski definition) is 3. The molecule has 1 aliphatic carbocycles. The van der Waals surface area contributed by atoms with E-state index in [1.54, 1.807) is 18.2 Å². The number of benzene rings is 6. The number of carbonyl (C=O) groups excluding carboxylic acids is 2. The highest BCUT2D eigenvalue weighted by atomic mass is 28.4. The Hall–Kier alpha value is -5.58.